The summed E-state index contributed by atoms with van der Waals surface area (Å²) in [5.74, 6) is 1.63. The first-order valence-electron chi connectivity index (χ1n) is 12.5. The molecule has 1 aliphatic carbocycles. The molecule has 0 fully saturated rings. The maximum atomic E-state index is 5.90. The molecule has 4 aliphatic rings. The highest BCUT2D eigenvalue weighted by Crippen LogP contribution is 2.51. The van der Waals surface area contributed by atoms with Crippen molar-refractivity contribution in [2.75, 3.05) is 13.2 Å². The Morgan fingerprint density at radius 3 is 2.47 bits per heavy atom. The summed E-state index contributed by atoms with van der Waals surface area (Å²) in [6.45, 7) is 1.18. The lowest BCUT2D eigenvalue weighted by Gasteiger charge is -2.40. The van der Waals surface area contributed by atoms with E-state index < -0.39 is 0 Å². The fourth-order valence-electron chi connectivity index (χ4n) is 5.51. The summed E-state index contributed by atoms with van der Waals surface area (Å²) in [7, 11) is 0. The highest BCUT2D eigenvalue weighted by molar-refractivity contribution is 8.16. The fraction of sp³-hybridized carbons (Fsp3) is 0.194. The summed E-state index contributed by atoms with van der Waals surface area (Å²) in [6, 6.07) is 27.9. The van der Waals surface area contributed by atoms with E-state index in [4.69, 9.17) is 14.5 Å². The number of amidine groups is 1. The molecular formula is C31H26N2O2S. The van der Waals surface area contributed by atoms with Gasteiger partial charge in [0.2, 0.25) is 0 Å². The Bertz CT molecular complexity index is 1440. The van der Waals surface area contributed by atoms with E-state index in [1.807, 2.05) is 6.07 Å². The third-order valence-electron chi connectivity index (χ3n) is 7.13. The maximum Gasteiger partial charge on any atom is 0.174 e. The Balaban J connectivity index is 1.34. The molecule has 0 spiro atoms. The third kappa shape index (κ3) is 3.75. The van der Waals surface area contributed by atoms with Gasteiger partial charge in [-0.2, -0.15) is 0 Å². The minimum absolute atomic E-state index is 0.114. The number of ether oxygens (including phenoxy) is 2. The zero-order chi connectivity index (χ0) is 23.9. The molecule has 4 nitrogen and oxygen atoms in total. The molecule has 3 aliphatic heterocycles. The monoisotopic (exact) mass is 490 g/mol. The summed E-state index contributed by atoms with van der Waals surface area (Å²) in [5, 5.41) is 3.27. The Morgan fingerprint density at radius 2 is 1.64 bits per heavy atom. The Kier molecular flexibility index (Phi) is 5.43. The molecular weight excluding hydrogens is 464 g/mol. The quantitative estimate of drug-likeness (QED) is 0.382. The second kappa shape index (κ2) is 9.07. The lowest BCUT2D eigenvalue weighted by molar-refractivity contribution is 0.171. The van der Waals surface area contributed by atoms with Crippen LogP contribution in [0.25, 0.3) is 11.8 Å². The van der Waals surface area contributed by atoms with Crippen LogP contribution in [-0.4, -0.2) is 23.3 Å². The van der Waals surface area contributed by atoms with Crippen molar-refractivity contribution in [3.63, 3.8) is 0 Å². The number of nitrogens with zero attached hydrogens (tertiary/aromatic N) is 2. The number of aliphatic imine (C=N–C) groups is 1. The van der Waals surface area contributed by atoms with Gasteiger partial charge in [0.15, 0.2) is 16.7 Å². The van der Waals surface area contributed by atoms with E-state index >= 15 is 0 Å². The number of benzene rings is 3. The van der Waals surface area contributed by atoms with Gasteiger partial charge >= 0.3 is 0 Å². The van der Waals surface area contributed by atoms with E-state index in [1.165, 1.54) is 28.0 Å². The van der Waals surface area contributed by atoms with Crippen LogP contribution in [0.4, 0.5) is 0 Å². The minimum Gasteiger partial charge on any atom is -0.486 e. The molecule has 0 saturated carbocycles. The van der Waals surface area contributed by atoms with E-state index in [0.717, 1.165) is 47.2 Å². The van der Waals surface area contributed by atoms with Crippen LogP contribution in [0.15, 0.2) is 106 Å². The van der Waals surface area contributed by atoms with Gasteiger partial charge in [-0.15, -0.1) is 0 Å². The number of thioether (sulfide) groups is 1. The molecule has 0 bridgehead atoms. The summed E-state index contributed by atoms with van der Waals surface area (Å²) < 4.78 is 11.7. The van der Waals surface area contributed by atoms with E-state index in [-0.39, 0.29) is 6.04 Å². The van der Waals surface area contributed by atoms with Gasteiger partial charge in [-0.1, -0.05) is 72.4 Å². The van der Waals surface area contributed by atoms with E-state index in [1.54, 1.807) is 11.8 Å². The van der Waals surface area contributed by atoms with Crippen molar-refractivity contribution in [2.45, 2.75) is 25.3 Å². The average molecular weight is 491 g/mol. The first kappa shape index (κ1) is 21.6. The number of rotatable bonds is 3. The van der Waals surface area contributed by atoms with Crippen LogP contribution >= 0.6 is 11.8 Å². The molecule has 5 heteroatoms. The van der Waals surface area contributed by atoms with Gasteiger partial charge < -0.3 is 14.4 Å². The smallest absolute Gasteiger partial charge is 0.174 e. The van der Waals surface area contributed by atoms with Crippen molar-refractivity contribution >= 4 is 28.7 Å². The van der Waals surface area contributed by atoms with Gasteiger partial charge in [0.1, 0.15) is 13.2 Å². The predicted octanol–water partition coefficient (Wildman–Crippen LogP) is 7.44. The second-order valence-electron chi connectivity index (χ2n) is 9.36. The van der Waals surface area contributed by atoms with E-state index in [2.05, 4.69) is 89.2 Å². The van der Waals surface area contributed by atoms with E-state index in [9.17, 15) is 0 Å². The van der Waals surface area contributed by atoms with Crippen LogP contribution in [0, 0.1) is 0 Å². The van der Waals surface area contributed by atoms with E-state index in [0.29, 0.717) is 13.2 Å². The van der Waals surface area contributed by atoms with Crippen molar-refractivity contribution in [2.24, 2.45) is 4.99 Å². The molecule has 7 rings (SSSR count). The largest absolute Gasteiger partial charge is 0.486 e. The fourth-order valence-corrected chi connectivity index (χ4v) is 6.44. The third-order valence-corrected chi connectivity index (χ3v) is 7.97. The number of allylic oxidation sites excluding steroid dienone is 1. The van der Waals surface area contributed by atoms with Crippen molar-refractivity contribution in [1.82, 2.24) is 4.90 Å². The van der Waals surface area contributed by atoms with Gasteiger partial charge in [-0.25, -0.2) is 4.99 Å². The topological polar surface area (TPSA) is 34.1 Å². The molecule has 0 saturated heterocycles. The SMILES string of the molecule is C1=C(c2ccc3c(c2)OCCO3)N2C(=NC3=C(CCC/C3=C\c3ccccc3)[C@@H]2c2ccccc2)S1. The normalized spacial score (nSPS) is 21.6. The van der Waals surface area contributed by atoms with Crippen LogP contribution in [0.3, 0.4) is 0 Å². The van der Waals surface area contributed by atoms with Crippen LogP contribution < -0.4 is 9.47 Å². The predicted molar refractivity (Wildman–Crippen MR) is 147 cm³/mol. The van der Waals surface area contributed by atoms with Gasteiger partial charge in [-0.05, 0) is 65.8 Å². The molecule has 36 heavy (non-hydrogen) atoms. The van der Waals surface area contributed by atoms with Crippen LogP contribution in [0.2, 0.25) is 0 Å². The minimum atomic E-state index is 0.114. The van der Waals surface area contributed by atoms with Crippen LogP contribution in [0.1, 0.15) is 42.0 Å². The van der Waals surface area contributed by atoms with Crippen molar-refractivity contribution < 1.29 is 9.47 Å². The number of hydrogen-bond acceptors (Lipinski definition) is 5. The average Bonchev–Trinajstić information content (AvgIpc) is 3.36. The zero-order valence-corrected chi connectivity index (χ0v) is 20.7. The van der Waals surface area contributed by atoms with Crippen molar-refractivity contribution in [3.8, 4) is 11.5 Å². The molecule has 1 atom stereocenters. The molecule has 0 aromatic heterocycles. The van der Waals surface area contributed by atoms with Crippen molar-refractivity contribution in [3.05, 3.63) is 118 Å². The molecule has 3 aromatic carbocycles. The van der Waals surface area contributed by atoms with Gasteiger partial charge in [0.25, 0.3) is 0 Å². The first-order chi connectivity index (χ1) is 17.8. The molecule has 0 unspecified atom stereocenters. The lowest BCUT2D eigenvalue weighted by atomic mass is 9.83. The highest BCUT2D eigenvalue weighted by atomic mass is 32.2. The molecule has 3 heterocycles. The van der Waals surface area contributed by atoms with Crippen LogP contribution in [-0.2, 0) is 0 Å². The highest BCUT2D eigenvalue weighted by Gasteiger charge is 2.40. The Labute approximate surface area is 215 Å². The van der Waals surface area contributed by atoms with Gasteiger partial charge in [0, 0.05) is 11.0 Å². The standard InChI is InChI=1S/C31H26N2O2S/c1-3-8-21(9-4-1)18-24-12-7-13-25-29(24)32-31-33(30(25)22-10-5-2-6-11-22)26(20-36-31)23-14-15-27-28(19-23)35-17-16-34-27/h1-6,8-11,14-15,18-20,30H,7,12-13,16-17H2/b24-18+/t30-/m0/s1. The first-order valence-corrected chi connectivity index (χ1v) is 13.4. The van der Waals surface area contributed by atoms with Crippen molar-refractivity contribution in [1.29, 1.82) is 0 Å². The molecule has 0 N–H and O–H groups in total. The maximum absolute atomic E-state index is 5.90. The lowest BCUT2D eigenvalue weighted by Crippen LogP contribution is -2.34. The summed E-state index contributed by atoms with van der Waals surface area (Å²) >= 11 is 1.71. The number of hydrogen-bond donors (Lipinski definition) is 0. The summed E-state index contributed by atoms with van der Waals surface area (Å²) in [4.78, 5) is 7.72. The zero-order valence-electron chi connectivity index (χ0n) is 19.9. The molecule has 178 valence electrons. The summed E-state index contributed by atoms with van der Waals surface area (Å²) in [6.07, 6.45) is 5.56. The van der Waals surface area contributed by atoms with Crippen LogP contribution in [0.5, 0.6) is 11.5 Å². The molecule has 0 radical (unpaired) electrons. The van der Waals surface area contributed by atoms with Gasteiger partial charge in [-0.3, -0.25) is 0 Å². The summed E-state index contributed by atoms with van der Waals surface area (Å²) in [5.41, 5.74) is 8.73. The van der Waals surface area contributed by atoms with Gasteiger partial charge in [0.05, 0.1) is 17.4 Å². The second-order valence-corrected chi connectivity index (χ2v) is 10.2. The number of fused-ring (bicyclic) bond motifs is 2. The Morgan fingerprint density at radius 1 is 0.861 bits per heavy atom. The Hall–Kier alpha value is -3.70. The molecule has 3 aromatic rings. The molecule has 0 amide bonds.